The van der Waals surface area contributed by atoms with Crippen molar-refractivity contribution in [2.24, 2.45) is 0 Å². The van der Waals surface area contributed by atoms with Gasteiger partial charge in [-0.1, -0.05) is 6.07 Å². The van der Waals surface area contributed by atoms with Gasteiger partial charge in [0, 0.05) is 11.8 Å². The van der Waals surface area contributed by atoms with Crippen LogP contribution in [0.4, 0.5) is 5.69 Å². The van der Waals surface area contributed by atoms with Gasteiger partial charge in [0.1, 0.15) is 0 Å². The highest BCUT2D eigenvalue weighted by Gasteiger charge is 2.07. The predicted octanol–water partition coefficient (Wildman–Crippen LogP) is 4.31. The van der Waals surface area contributed by atoms with Crippen molar-refractivity contribution in [3.05, 3.63) is 59.7 Å². The number of carbonyl (C=O) groups is 2. The summed E-state index contributed by atoms with van der Waals surface area (Å²) in [6.45, 7) is 6.95. The molecule has 0 aliphatic carbocycles. The molecule has 2 aromatic rings. The van der Waals surface area contributed by atoms with Crippen molar-refractivity contribution >= 4 is 23.6 Å². The molecule has 2 rings (SSSR count). The van der Waals surface area contributed by atoms with Crippen LogP contribution in [0, 0.1) is 0 Å². The van der Waals surface area contributed by atoms with E-state index in [1.54, 1.807) is 37.3 Å². The summed E-state index contributed by atoms with van der Waals surface area (Å²) in [5, 5.41) is 2.75. The minimum absolute atomic E-state index is 0.282. The number of esters is 1. The highest BCUT2D eigenvalue weighted by molar-refractivity contribution is 6.02. The van der Waals surface area contributed by atoms with Gasteiger partial charge < -0.3 is 19.5 Å². The zero-order valence-corrected chi connectivity index (χ0v) is 16.4. The highest BCUT2D eigenvalue weighted by atomic mass is 16.5. The van der Waals surface area contributed by atoms with Crippen LogP contribution in [0.25, 0.3) is 6.08 Å². The maximum atomic E-state index is 12.1. The minimum atomic E-state index is -0.388. The number of rotatable bonds is 9. The van der Waals surface area contributed by atoms with Crippen LogP contribution in [0.3, 0.4) is 0 Å². The lowest BCUT2D eigenvalue weighted by Crippen LogP contribution is -2.08. The van der Waals surface area contributed by atoms with Crippen molar-refractivity contribution in [1.29, 1.82) is 0 Å². The second-order valence-corrected chi connectivity index (χ2v) is 5.69. The van der Waals surface area contributed by atoms with Gasteiger partial charge in [0.2, 0.25) is 5.91 Å². The number of benzene rings is 2. The van der Waals surface area contributed by atoms with E-state index in [1.807, 2.05) is 32.0 Å². The molecule has 0 unspecified atom stereocenters. The molecule has 0 saturated heterocycles. The topological polar surface area (TPSA) is 73.9 Å². The van der Waals surface area contributed by atoms with Crippen molar-refractivity contribution in [2.75, 3.05) is 25.1 Å². The van der Waals surface area contributed by atoms with Crippen molar-refractivity contribution in [2.45, 2.75) is 20.8 Å². The Morgan fingerprint density at radius 3 is 2.21 bits per heavy atom. The SMILES string of the molecule is CCOC(=O)c1ccc(NC(=O)C=Cc2ccc(OCC)c(OCC)c2)cc1. The van der Waals surface area contributed by atoms with Crippen LogP contribution in [-0.2, 0) is 9.53 Å². The third kappa shape index (κ3) is 6.16. The van der Waals surface area contributed by atoms with Gasteiger partial charge in [0.05, 0.1) is 25.4 Å². The standard InChI is InChI=1S/C22H25NO5/c1-4-26-19-13-7-16(15-20(19)27-5-2)8-14-21(24)23-18-11-9-17(10-12-18)22(25)28-6-3/h7-15H,4-6H2,1-3H3,(H,23,24). The number of nitrogens with one attached hydrogen (secondary N) is 1. The van der Waals surface area contributed by atoms with Crippen LogP contribution in [0.15, 0.2) is 48.5 Å². The average Bonchev–Trinajstić information content (AvgIpc) is 2.69. The first-order valence-corrected chi connectivity index (χ1v) is 9.23. The van der Waals surface area contributed by atoms with E-state index in [4.69, 9.17) is 14.2 Å². The molecule has 2 aromatic carbocycles. The second kappa shape index (κ2) is 10.8. The zero-order valence-electron chi connectivity index (χ0n) is 16.4. The Bertz CT molecular complexity index is 827. The smallest absolute Gasteiger partial charge is 0.338 e. The maximum absolute atomic E-state index is 12.1. The van der Waals surface area contributed by atoms with Crippen molar-refractivity contribution in [3.63, 3.8) is 0 Å². The number of hydrogen-bond acceptors (Lipinski definition) is 5. The molecule has 0 aliphatic rings. The van der Waals surface area contributed by atoms with Gasteiger partial charge in [-0.15, -0.1) is 0 Å². The van der Waals surface area contributed by atoms with E-state index in [2.05, 4.69) is 5.32 Å². The highest BCUT2D eigenvalue weighted by Crippen LogP contribution is 2.29. The van der Waals surface area contributed by atoms with E-state index < -0.39 is 0 Å². The fourth-order valence-electron chi connectivity index (χ4n) is 2.43. The predicted molar refractivity (Wildman–Crippen MR) is 109 cm³/mol. The molecule has 0 radical (unpaired) electrons. The largest absolute Gasteiger partial charge is 0.490 e. The van der Waals surface area contributed by atoms with Gasteiger partial charge in [-0.2, -0.15) is 0 Å². The van der Waals surface area contributed by atoms with Gasteiger partial charge in [-0.3, -0.25) is 4.79 Å². The van der Waals surface area contributed by atoms with Gasteiger partial charge in [-0.05, 0) is 68.8 Å². The molecular weight excluding hydrogens is 358 g/mol. The number of carbonyl (C=O) groups excluding carboxylic acids is 2. The second-order valence-electron chi connectivity index (χ2n) is 5.69. The summed E-state index contributed by atoms with van der Waals surface area (Å²) in [4.78, 5) is 23.8. The fourth-order valence-corrected chi connectivity index (χ4v) is 2.43. The van der Waals surface area contributed by atoms with Crippen LogP contribution in [0.1, 0.15) is 36.7 Å². The van der Waals surface area contributed by atoms with Gasteiger partial charge in [-0.25, -0.2) is 4.79 Å². The van der Waals surface area contributed by atoms with Crippen LogP contribution >= 0.6 is 0 Å². The molecule has 28 heavy (non-hydrogen) atoms. The van der Waals surface area contributed by atoms with E-state index in [9.17, 15) is 9.59 Å². The summed E-state index contributed by atoms with van der Waals surface area (Å²) < 4.78 is 16.0. The zero-order chi connectivity index (χ0) is 20.4. The average molecular weight is 383 g/mol. The Morgan fingerprint density at radius 1 is 0.893 bits per heavy atom. The Kier molecular flexibility index (Phi) is 8.09. The Labute approximate surface area is 165 Å². The molecule has 0 atom stereocenters. The van der Waals surface area contributed by atoms with Crippen LogP contribution in [0.2, 0.25) is 0 Å². The first-order valence-electron chi connectivity index (χ1n) is 9.23. The third-order valence-electron chi connectivity index (χ3n) is 3.66. The molecule has 0 bridgehead atoms. The minimum Gasteiger partial charge on any atom is -0.490 e. The van der Waals surface area contributed by atoms with Gasteiger partial charge >= 0.3 is 5.97 Å². The van der Waals surface area contributed by atoms with Crippen molar-refractivity contribution in [1.82, 2.24) is 0 Å². The third-order valence-corrected chi connectivity index (χ3v) is 3.66. The van der Waals surface area contributed by atoms with E-state index in [0.717, 1.165) is 5.56 Å². The van der Waals surface area contributed by atoms with Gasteiger partial charge in [0.15, 0.2) is 11.5 Å². The van der Waals surface area contributed by atoms with E-state index >= 15 is 0 Å². The number of hydrogen-bond donors (Lipinski definition) is 1. The molecule has 0 aliphatic heterocycles. The Morgan fingerprint density at radius 2 is 1.57 bits per heavy atom. The van der Waals surface area contributed by atoms with Crippen LogP contribution in [-0.4, -0.2) is 31.7 Å². The van der Waals surface area contributed by atoms with Gasteiger partial charge in [0.25, 0.3) is 0 Å². The Balaban J connectivity index is 2.01. The molecule has 148 valence electrons. The summed E-state index contributed by atoms with van der Waals surface area (Å²) in [6.07, 6.45) is 3.13. The molecule has 0 fully saturated rings. The van der Waals surface area contributed by atoms with Crippen LogP contribution in [0.5, 0.6) is 11.5 Å². The molecule has 0 saturated carbocycles. The first-order chi connectivity index (χ1) is 13.6. The molecule has 6 nitrogen and oxygen atoms in total. The number of amides is 1. The first kappa shape index (κ1) is 21.0. The molecule has 1 amide bonds. The number of ether oxygens (including phenoxy) is 3. The Hall–Kier alpha value is -3.28. The normalized spacial score (nSPS) is 10.5. The molecule has 1 N–H and O–H groups in total. The lowest BCUT2D eigenvalue weighted by Gasteiger charge is -2.11. The number of anilines is 1. The fraction of sp³-hybridized carbons (Fsp3) is 0.273. The summed E-state index contributed by atoms with van der Waals surface area (Å²) in [6, 6.07) is 12.0. The maximum Gasteiger partial charge on any atom is 0.338 e. The monoisotopic (exact) mass is 383 g/mol. The summed E-state index contributed by atoms with van der Waals surface area (Å²) in [5.41, 5.74) is 1.84. The molecule has 0 heterocycles. The summed E-state index contributed by atoms with van der Waals surface area (Å²) in [5.74, 6) is 0.644. The molecular formula is C22H25NO5. The van der Waals surface area contributed by atoms with Crippen LogP contribution < -0.4 is 14.8 Å². The van der Waals surface area contributed by atoms with Crippen molar-refractivity contribution in [3.8, 4) is 11.5 Å². The quantitative estimate of drug-likeness (QED) is 0.516. The van der Waals surface area contributed by atoms with Crippen molar-refractivity contribution < 1.29 is 23.8 Å². The molecule has 0 spiro atoms. The van der Waals surface area contributed by atoms with E-state index in [-0.39, 0.29) is 11.9 Å². The lowest BCUT2D eigenvalue weighted by molar-refractivity contribution is -0.111. The van der Waals surface area contributed by atoms with E-state index in [1.165, 1.54) is 6.08 Å². The summed E-state index contributed by atoms with van der Waals surface area (Å²) in [7, 11) is 0. The summed E-state index contributed by atoms with van der Waals surface area (Å²) >= 11 is 0. The molecule has 6 heteroatoms. The lowest BCUT2D eigenvalue weighted by atomic mass is 10.2. The molecule has 0 aromatic heterocycles. The van der Waals surface area contributed by atoms with E-state index in [0.29, 0.717) is 42.6 Å².